The molecular formula is C20H15Cl2F4N5O4. The van der Waals surface area contributed by atoms with Crippen LogP contribution in [-0.2, 0) is 27.2 Å². The van der Waals surface area contributed by atoms with Crippen LogP contribution in [0.25, 0.3) is 0 Å². The lowest BCUT2D eigenvalue weighted by molar-refractivity contribution is -0.140. The predicted molar refractivity (Wildman–Crippen MR) is 116 cm³/mol. The highest BCUT2D eigenvalue weighted by molar-refractivity contribution is 6.33. The number of urea groups is 1. The van der Waals surface area contributed by atoms with Crippen LogP contribution >= 0.6 is 23.2 Å². The predicted octanol–water partition coefficient (Wildman–Crippen LogP) is 3.86. The van der Waals surface area contributed by atoms with Crippen molar-refractivity contribution in [3.8, 4) is 0 Å². The van der Waals surface area contributed by atoms with Crippen LogP contribution in [0.3, 0.4) is 0 Å². The molecule has 1 saturated heterocycles. The number of halogens is 6. The van der Waals surface area contributed by atoms with Crippen LogP contribution in [0, 0.1) is 11.7 Å². The molecule has 186 valence electrons. The monoisotopic (exact) mass is 535 g/mol. The van der Waals surface area contributed by atoms with Gasteiger partial charge in [-0.3, -0.25) is 19.8 Å². The number of pyridine rings is 1. The number of hydrogen-bond donors (Lipinski definition) is 2. The molecule has 1 aliphatic heterocycles. The topological polar surface area (TPSA) is 113 Å². The molecular weight excluding hydrogens is 521 g/mol. The van der Waals surface area contributed by atoms with E-state index in [4.69, 9.17) is 28.0 Å². The van der Waals surface area contributed by atoms with Gasteiger partial charge in [-0.2, -0.15) is 13.2 Å². The van der Waals surface area contributed by atoms with Gasteiger partial charge in [0.25, 0.3) is 0 Å². The maximum absolute atomic E-state index is 13.7. The number of anilines is 1. The molecule has 1 atom stereocenters. The highest BCUT2D eigenvalue weighted by Gasteiger charge is 2.39. The molecule has 0 bridgehead atoms. The number of barbiturate groups is 1. The van der Waals surface area contributed by atoms with Crippen LogP contribution in [0.5, 0.6) is 0 Å². The Morgan fingerprint density at radius 1 is 1.23 bits per heavy atom. The lowest BCUT2D eigenvalue weighted by Gasteiger charge is -2.28. The molecule has 0 spiro atoms. The van der Waals surface area contributed by atoms with Gasteiger partial charge in [-0.05, 0) is 18.2 Å². The van der Waals surface area contributed by atoms with Crippen molar-refractivity contribution in [2.24, 2.45) is 11.1 Å². The molecule has 0 radical (unpaired) electrons. The van der Waals surface area contributed by atoms with E-state index in [1.54, 1.807) is 0 Å². The number of hydrogen-bond acceptors (Lipinski definition) is 7. The van der Waals surface area contributed by atoms with Crippen LogP contribution in [-0.4, -0.2) is 47.0 Å². The first-order valence-electron chi connectivity index (χ1n) is 9.70. The fraction of sp³-hybridized carbons (Fsp3) is 0.250. The lowest BCUT2D eigenvalue weighted by atomic mass is 10.1. The molecule has 4 amide bonds. The minimum Gasteiger partial charge on any atom is -0.391 e. The summed E-state index contributed by atoms with van der Waals surface area (Å²) in [5, 5.41) is 7.86. The minimum atomic E-state index is -4.62. The van der Waals surface area contributed by atoms with Crippen molar-refractivity contribution in [3.05, 3.63) is 57.5 Å². The number of nitrogens with zero attached hydrogens (tertiary/aromatic N) is 3. The summed E-state index contributed by atoms with van der Waals surface area (Å²) in [7, 11) is 0. The van der Waals surface area contributed by atoms with Crippen LogP contribution < -0.4 is 10.6 Å². The number of oxime groups is 1. The van der Waals surface area contributed by atoms with E-state index in [1.807, 2.05) is 5.32 Å². The van der Waals surface area contributed by atoms with Crippen molar-refractivity contribution in [1.29, 1.82) is 0 Å². The van der Waals surface area contributed by atoms with Crippen LogP contribution in [0.2, 0.25) is 10.0 Å². The molecule has 2 heterocycles. The number of nitrogens with one attached hydrogen (secondary N) is 2. The number of carbonyl (C=O) groups excluding carboxylic acids is 3. The maximum atomic E-state index is 13.7. The average molecular weight is 536 g/mol. The van der Waals surface area contributed by atoms with Crippen molar-refractivity contribution in [3.63, 3.8) is 0 Å². The molecule has 35 heavy (non-hydrogen) atoms. The third kappa shape index (κ3) is 6.36. The molecule has 2 aromatic rings. The average Bonchev–Trinajstić information content (AvgIpc) is 2.77. The Morgan fingerprint density at radius 2 is 1.97 bits per heavy atom. The van der Waals surface area contributed by atoms with Crippen LogP contribution in [0.1, 0.15) is 11.1 Å². The summed E-state index contributed by atoms with van der Waals surface area (Å²) in [5.74, 6) is -4.13. The fourth-order valence-electron chi connectivity index (χ4n) is 2.86. The van der Waals surface area contributed by atoms with Gasteiger partial charge in [0.1, 0.15) is 18.2 Å². The number of imide groups is 2. The van der Waals surface area contributed by atoms with Gasteiger partial charge in [0.2, 0.25) is 11.8 Å². The second-order valence-corrected chi connectivity index (χ2v) is 7.78. The van der Waals surface area contributed by atoms with E-state index in [0.717, 1.165) is 12.3 Å². The third-order valence-electron chi connectivity index (χ3n) is 4.64. The third-order valence-corrected chi connectivity index (χ3v) is 5.28. The van der Waals surface area contributed by atoms with Gasteiger partial charge in [-0.15, -0.1) is 0 Å². The lowest BCUT2D eigenvalue weighted by Crippen LogP contribution is -2.59. The molecule has 1 aromatic heterocycles. The summed E-state index contributed by atoms with van der Waals surface area (Å²) < 4.78 is 51.9. The standard InChI is InChI=1S/C20H15Cl2F4N5O4/c21-13-2-1-3-15(23)12(13)9-35-29-8-11-17(32)30-19(34)31(18(11)33)5-4-27-16-14(22)6-10(7-28-16)20(24,25)26/h1-3,6-8,11H,4-5,9H2,(H,27,28)(H,30,32,34). The first-order chi connectivity index (χ1) is 16.5. The van der Waals surface area contributed by atoms with Crippen LogP contribution in [0.4, 0.5) is 28.2 Å². The Bertz CT molecular complexity index is 1160. The van der Waals surface area contributed by atoms with E-state index in [-0.39, 0.29) is 41.1 Å². The van der Waals surface area contributed by atoms with Crippen molar-refractivity contribution in [2.45, 2.75) is 12.8 Å². The summed E-state index contributed by atoms with van der Waals surface area (Å²) in [6.07, 6.45) is -3.21. The van der Waals surface area contributed by atoms with Gasteiger partial charge >= 0.3 is 12.2 Å². The number of amides is 4. The van der Waals surface area contributed by atoms with Crippen molar-refractivity contribution in [1.82, 2.24) is 15.2 Å². The van der Waals surface area contributed by atoms with Gasteiger partial charge in [0.05, 0.1) is 21.8 Å². The molecule has 1 fully saturated rings. The molecule has 1 unspecified atom stereocenters. The van der Waals surface area contributed by atoms with E-state index in [1.165, 1.54) is 12.1 Å². The molecule has 0 saturated carbocycles. The van der Waals surface area contributed by atoms with Gasteiger partial charge in [0, 0.05) is 24.8 Å². The number of rotatable bonds is 8. The second kappa shape index (κ2) is 10.9. The van der Waals surface area contributed by atoms with E-state index in [9.17, 15) is 31.9 Å². The Morgan fingerprint density at radius 3 is 2.63 bits per heavy atom. The van der Waals surface area contributed by atoms with Crippen molar-refractivity contribution >= 4 is 53.1 Å². The molecule has 9 nitrogen and oxygen atoms in total. The highest BCUT2D eigenvalue weighted by Crippen LogP contribution is 2.32. The number of alkyl halides is 3. The summed E-state index contributed by atoms with van der Waals surface area (Å²) >= 11 is 11.7. The van der Waals surface area contributed by atoms with E-state index >= 15 is 0 Å². The number of aromatic nitrogens is 1. The number of carbonyl (C=O) groups is 3. The van der Waals surface area contributed by atoms with Gasteiger partial charge in [-0.1, -0.05) is 34.4 Å². The molecule has 1 aliphatic rings. The molecule has 3 rings (SSSR count). The molecule has 0 aliphatic carbocycles. The van der Waals surface area contributed by atoms with Gasteiger partial charge in [-0.25, -0.2) is 14.2 Å². The Kier molecular flexibility index (Phi) is 8.12. The first kappa shape index (κ1) is 26.2. The van der Waals surface area contributed by atoms with E-state index in [0.29, 0.717) is 17.2 Å². The molecule has 2 N–H and O–H groups in total. The molecule has 15 heteroatoms. The van der Waals surface area contributed by atoms with Crippen LogP contribution in [0.15, 0.2) is 35.6 Å². The maximum Gasteiger partial charge on any atom is 0.417 e. The summed E-state index contributed by atoms with van der Waals surface area (Å²) in [6.45, 7) is -0.803. The first-order valence-corrected chi connectivity index (χ1v) is 10.5. The van der Waals surface area contributed by atoms with Crippen molar-refractivity contribution in [2.75, 3.05) is 18.4 Å². The summed E-state index contributed by atoms with van der Waals surface area (Å²) in [5.41, 5.74) is -1.03. The van der Waals surface area contributed by atoms with Crippen molar-refractivity contribution < 1.29 is 36.8 Å². The normalized spacial score (nSPS) is 16.6. The van der Waals surface area contributed by atoms with Gasteiger partial charge in [0.15, 0.2) is 5.92 Å². The SMILES string of the molecule is O=C1NC(=O)N(CCNc2ncc(C(F)(F)F)cc2Cl)C(=O)C1C=NOCc1c(F)cccc1Cl. The van der Waals surface area contributed by atoms with Gasteiger partial charge < -0.3 is 10.2 Å². The second-order valence-electron chi connectivity index (χ2n) is 6.97. The summed E-state index contributed by atoms with van der Waals surface area (Å²) in [4.78, 5) is 45.9. The fourth-order valence-corrected chi connectivity index (χ4v) is 3.31. The Labute approximate surface area is 205 Å². The highest BCUT2D eigenvalue weighted by atomic mass is 35.5. The smallest absolute Gasteiger partial charge is 0.391 e. The summed E-state index contributed by atoms with van der Waals surface area (Å²) in [6, 6.07) is 3.68. The zero-order chi connectivity index (χ0) is 25.8. The minimum absolute atomic E-state index is 0.0177. The number of benzene rings is 1. The Balaban J connectivity index is 1.58. The zero-order valence-electron chi connectivity index (χ0n) is 17.4. The van der Waals surface area contributed by atoms with E-state index < -0.39 is 41.3 Å². The quantitative estimate of drug-likeness (QED) is 0.230. The van der Waals surface area contributed by atoms with E-state index in [2.05, 4.69) is 15.5 Å². The molecule has 1 aromatic carbocycles. The Hall–Kier alpha value is -3.45. The zero-order valence-corrected chi connectivity index (χ0v) is 18.9. The largest absolute Gasteiger partial charge is 0.417 e.